The van der Waals surface area contributed by atoms with E-state index in [1.165, 1.54) is 0 Å². The highest BCUT2D eigenvalue weighted by Gasteiger charge is 2.21. The van der Waals surface area contributed by atoms with Crippen LogP contribution in [0.2, 0.25) is 0 Å². The summed E-state index contributed by atoms with van der Waals surface area (Å²) >= 11 is 3.42. The first kappa shape index (κ1) is 13.8. The van der Waals surface area contributed by atoms with Gasteiger partial charge in [-0.25, -0.2) is 0 Å². The average molecular weight is 317 g/mol. The lowest BCUT2D eigenvalue weighted by Crippen LogP contribution is -2.20. The molecule has 5 heteroatoms. The number of halogens is 1. The zero-order valence-electron chi connectivity index (χ0n) is 10.3. The molecule has 0 saturated carbocycles. The Labute approximate surface area is 115 Å². The first-order valence-corrected chi connectivity index (χ1v) is 6.72. The Kier molecular flexibility index (Phi) is 5.00. The smallest absolute Gasteiger partial charge is 0.160 e. The topological polar surface area (TPSA) is 47.9 Å². The molecule has 0 radical (unpaired) electrons. The second-order valence-corrected chi connectivity index (χ2v) is 5.14. The van der Waals surface area contributed by atoms with Crippen molar-refractivity contribution >= 4 is 15.9 Å². The molecule has 1 N–H and O–H groups in total. The van der Waals surface area contributed by atoms with Crippen molar-refractivity contribution in [3.05, 3.63) is 28.2 Å². The number of hydrogen-bond acceptors (Lipinski definition) is 4. The lowest BCUT2D eigenvalue weighted by molar-refractivity contribution is -0.0698. The molecule has 1 aromatic rings. The fraction of sp³-hybridized carbons (Fsp3) is 0.538. The van der Waals surface area contributed by atoms with Crippen LogP contribution in [0.15, 0.2) is 22.7 Å². The quantitative estimate of drug-likeness (QED) is 0.904. The van der Waals surface area contributed by atoms with Crippen LogP contribution >= 0.6 is 15.9 Å². The van der Waals surface area contributed by atoms with Gasteiger partial charge in [0, 0.05) is 17.3 Å². The van der Waals surface area contributed by atoms with Crippen LogP contribution in [0.25, 0.3) is 0 Å². The van der Waals surface area contributed by atoms with E-state index in [-0.39, 0.29) is 6.29 Å². The normalized spacial score (nSPS) is 17.9. The van der Waals surface area contributed by atoms with Crippen LogP contribution in [-0.4, -0.2) is 37.8 Å². The Bertz CT molecular complexity index is 391. The highest BCUT2D eigenvalue weighted by atomic mass is 79.9. The average Bonchev–Trinajstić information content (AvgIpc) is 2.82. The molecule has 0 aromatic heterocycles. The van der Waals surface area contributed by atoms with Gasteiger partial charge >= 0.3 is 0 Å². The minimum atomic E-state index is -0.503. The van der Waals surface area contributed by atoms with Crippen LogP contribution < -0.4 is 4.74 Å². The van der Waals surface area contributed by atoms with Crippen LogP contribution in [-0.2, 0) is 15.9 Å². The number of rotatable bonds is 5. The van der Waals surface area contributed by atoms with E-state index < -0.39 is 6.10 Å². The molecule has 1 aromatic carbocycles. The van der Waals surface area contributed by atoms with E-state index in [1.54, 1.807) is 7.11 Å². The minimum Gasteiger partial charge on any atom is -0.496 e. The second kappa shape index (κ2) is 6.52. The van der Waals surface area contributed by atoms with Crippen molar-refractivity contribution in [2.45, 2.75) is 25.2 Å². The predicted molar refractivity (Wildman–Crippen MR) is 70.7 cm³/mol. The van der Waals surface area contributed by atoms with Gasteiger partial charge in [-0.3, -0.25) is 0 Å². The summed E-state index contributed by atoms with van der Waals surface area (Å²) in [7, 11) is 1.63. The van der Waals surface area contributed by atoms with Gasteiger partial charge in [-0.05, 0) is 23.8 Å². The zero-order valence-corrected chi connectivity index (χ0v) is 11.9. The van der Waals surface area contributed by atoms with Gasteiger partial charge in [-0.1, -0.05) is 15.9 Å². The van der Waals surface area contributed by atoms with Gasteiger partial charge in [-0.2, -0.15) is 0 Å². The molecule has 100 valence electrons. The molecular formula is C13H17BrO4. The van der Waals surface area contributed by atoms with E-state index in [4.69, 9.17) is 14.2 Å². The van der Waals surface area contributed by atoms with Crippen molar-refractivity contribution in [3.8, 4) is 5.75 Å². The largest absolute Gasteiger partial charge is 0.496 e. The summed E-state index contributed by atoms with van der Waals surface area (Å²) in [5, 5.41) is 10.0. The van der Waals surface area contributed by atoms with Crippen molar-refractivity contribution in [2.24, 2.45) is 0 Å². The van der Waals surface area contributed by atoms with Crippen molar-refractivity contribution in [2.75, 3.05) is 20.3 Å². The number of ether oxygens (including phenoxy) is 3. The summed E-state index contributed by atoms with van der Waals surface area (Å²) in [4.78, 5) is 0. The number of methoxy groups -OCH3 is 1. The van der Waals surface area contributed by atoms with Crippen LogP contribution in [0.3, 0.4) is 0 Å². The van der Waals surface area contributed by atoms with Gasteiger partial charge < -0.3 is 19.3 Å². The molecule has 1 saturated heterocycles. The molecule has 0 aliphatic carbocycles. The molecule has 1 heterocycles. The summed E-state index contributed by atoms with van der Waals surface area (Å²) < 4.78 is 16.9. The maximum absolute atomic E-state index is 10.0. The van der Waals surface area contributed by atoms with Gasteiger partial charge in [0.05, 0.1) is 26.4 Å². The Balaban J connectivity index is 1.96. The first-order chi connectivity index (χ1) is 8.69. The van der Waals surface area contributed by atoms with Crippen molar-refractivity contribution in [1.29, 1.82) is 0 Å². The maximum atomic E-state index is 10.0. The molecule has 1 aliphatic heterocycles. The van der Waals surface area contributed by atoms with Crippen molar-refractivity contribution in [1.82, 2.24) is 0 Å². The van der Waals surface area contributed by atoms with E-state index in [2.05, 4.69) is 15.9 Å². The molecule has 1 fully saturated rings. The van der Waals surface area contributed by atoms with Gasteiger partial charge in [-0.15, -0.1) is 0 Å². The fourth-order valence-electron chi connectivity index (χ4n) is 2.01. The Morgan fingerprint density at radius 2 is 2.17 bits per heavy atom. The zero-order chi connectivity index (χ0) is 13.0. The number of hydrogen-bond donors (Lipinski definition) is 1. The molecule has 4 nitrogen and oxygen atoms in total. The third-order valence-electron chi connectivity index (χ3n) is 2.85. The van der Waals surface area contributed by atoms with E-state index >= 15 is 0 Å². The predicted octanol–water partition coefficient (Wildman–Crippen LogP) is 2.12. The highest BCUT2D eigenvalue weighted by Crippen LogP contribution is 2.25. The van der Waals surface area contributed by atoms with Gasteiger partial charge in [0.25, 0.3) is 0 Å². The maximum Gasteiger partial charge on any atom is 0.160 e. The van der Waals surface area contributed by atoms with Gasteiger partial charge in [0.15, 0.2) is 6.29 Å². The molecule has 0 amide bonds. The minimum absolute atomic E-state index is 0.279. The molecule has 2 rings (SSSR count). The Hall–Kier alpha value is -0.620. The van der Waals surface area contributed by atoms with Crippen molar-refractivity contribution < 1.29 is 19.3 Å². The van der Waals surface area contributed by atoms with Gasteiger partial charge in [0.2, 0.25) is 0 Å². The summed E-state index contributed by atoms with van der Waals surface area (Å²) in [5.74, 6) is 0.783. The molecular weight excluding hydrogens is 300 g/mol. The first-order valence-electron chi connectivity index (χ1n) is 5.92. The van der Waals surface area contributed by atoms with Crippen molar-refractivity contribution in [3.63, 3.8) is 0 Å². The molecule has 1 atom stereocenters. The fourth-order valence-corrected chi connectivity index (χ4v) is 2.42. The van der Waals surface area contributed by atoms with Crippen LogP contribution in [0, 0.1) is 0 Å². The summed E-state index contributed by atoms with van der Waals surface area (Å²) in [5.41, 5.74) is 0.970. The van der Waals surface area contributed by atoms with Gasteiger partial charge in [0.1, 0.15) is 5.75 Å². The SMILES string of the molecule is COc1ccc(Br)cc1CC(O)CC1OCCO1. The molecule has 18 heavy (non-hydrogen) atoms. The molecule has 0 bridgehead atoms. The summed E-state index contributed by atoms with van der Waals surface area (Å²) in [6.07, 6.45) is 0.219. The third kappa shape index (κ3) is 3.68. The number of aliphatic hydroxyl groups is 1. The lowest BCUT2D eigenvalue weighted by atomic mass is 10.0. The Morgan fingerprint density at radius 3 is 2.83 bits per heavy atom. The van der Waals surface area contributed by atoms with Crippen LogP contribution in [0.5, 0.6) is 5.75 Å². The van der Waals surface area contributed by atoms with E-state index in [0.29, 0.717) is 26.1 Å². The standard InChI is InChI=1S/C13H17BrO4/c1-16-12-3-2-10(14)6-9(12)7-11(15)8-13-17-4-5-18-13/h2-3,6,11,13,15H,4-5,7-8H2,1H3. The molecule has 1 aliphatic rings. The van der Waals surface area contributed by atoms with Crippen LogP contribution in [0.4, 0.5) is 0 Å². The highest BCUT2D eigenvalue weighted by molar-refractivity contribution is 9.10. The second-order valence-electron chi connectivity index (χ2n) is 4.22. The third-order valence-corrected chi connectivity index (χ3v) is 3.35. The monoisotopic (exact) mass is 316 g/mol. The Morgan fingerprint density at radius 1 is 1.44 bits per heavy atom. The molecule has 0 spiro atoms. The van der Waals surface area contributed by atoms with E-state index in [9.17, 15) is 5.11 Å². The molecule has 1 unspecified atom stereocenters. The summed E-state index contributed by atoms with van der Waals surface area (Å²) in [6.45, 7) is 1.22. The number of benzene rings is 1. The van der Waals surface area contributed by atoms with E-state index in [0.717, 1.165) is 15.8 Å². The van der Waals surface area contributed by atoms with E-state index in [1.807, 2.05) is 18.2 Å². The lowest BCUT2D eigenvalue weighted by Gasteiger charge is -2.16. The van der Waals surface area contributed by atoms with Crippen LogP contribution in [0.1, 0.15) is 12.0 Å². The summed E-state index contributed by atoms with van der Waals surface area (Å²) in [6, 6.07) is 5.75. The number of aliphatic hydroxyl groups excluding tert-OH is 1.